The van der Waals surface area contributed by atoms with E-state index in [1.165, 1.54) is 23.0 Å². The Kier molecular flexibility index (Phi) is 4.75. The molecule has 0 unspecified atom stereocenters. The Morgan fingerprint density at radius 1 is 1.00 bits per heavy atom. The predicted molar refractivity (Wildman–Crippen MR) is 121 cm³/mol. The van der Waals surface area contributed by atoms with E-state index < -0.39 is 0 Å². The van der Waals surface area contributed by atoms with E-state index in [1.807, 2.05) is 16.3 Å². The minimum Gasteiger partial charge on any atom is -0.366 e. The maximum atomic E-state index is 14.1. The van der Waals surface area contributed by atoms with Gasteiger partial charge in [-0.05, 0) is 24.6 Å². The van der Waals surface area contributed by atoms with E-state index in [0.29, 0.717) is 42.5 Å². The van der Waals surface area contributed by atoms with Crippen molar-refractivity contribution in [3.8, 4) is 11.1 Å². The largest absolute Gasteiger partial charge is 0.366 e. The lowest BCUT2D eigenvalue weighted by Gasteiger charge is -2.36. The number of aromatic nitrogens is 2. The third-order valence-electron chi connectivity index (χ3n) is 5.55. The fraction of sp³-hybridized carbons (Fsp3) is 0.217. The summed E-state index contributed by atoms with van der Waals surface area (Å²) in [7, 11) is 0. The van der Waals surface area contributed by atoms with Gasteiger partial charge in [0.25, 0.3) is 5.56 Å². The molecule has 5 nitrogen and oxygen atoms in total. The number of aryl methyl sites for hydroxylation is 1. The van der Waals surface area contributed by atoms with Crippen LogP contribution in [-0.4, -0.2) is 36.1 Å². The predicted octanol–water partition coefficient (Wildman–Crippen LogP) is 4.43. The number of H-pyrrole nitrogens is 1. The van der Waals surface area contributed by atoms with Gasteiger partial charge in [-0.25, -0.2) is 9.37 Å². The van der Waals surface area contributed by atoms with Crippen LogP contribution >= 0.6 is 11.3 Å². The topological polar surface area (TPSA) is 52.2 Å². The average Bonchev–Trinajstić information content (AvgIpc) is 3.19. The summed E-state index contributed by atoms with van der Waals surface area (Å²) in [4.78, 5) is 24.6. The van der Waals surface area contributed by atoms with Crippen molar-refractivity contribution < 1.29 is 4.39 Å². The lowest BCUT2D eigenvalue weighted by atomic mass is 10.1. The summed E-state index contributed by atoms with van der Waals surface area (Å²) in [6.07, 6.45) is 0. The number of nitrogens with one attached hydrogen (secondary N) is 1. The summed E-state index contributed by atoms with van der Waals surface area (Å²) in [5.41, 5.74) is 4.47. The highest BCUT2D eigenvalue weighted by Crippen LogP contribution is 2.32. The lowest BCUT2D eigenvalue weighted by Crippen LogP contribution is -2.47. The third kappa shape index (κ3) is 3.35. The van der Waals surface area contributed by atoms with Crippen LogP contribution in [0.1, 0.15) is 5.56 Å². The Hall–Kier alpha value is -3.19. The molecule has 0 amide bonds. The van der Waals surface area contributed by atoms with Crippen LogP contribution in [0.4, 0.5) is 16.0 Å². The standard InChI is InChI=1S/C23H21FN4OS/c1-15-6-8-16(9-7-15)17-14-30-21-20(17)25-23(26-22(21)29)28-12-10-27(11-13-28)19-5-3-2-4-18(19)24/h2-9,14H,10-13H2,1H3,(H,25,26,29). The Bertz CT molecular complexity index is 1260. The summed E-state index contributed by atoms with van der Waals surface area (Å²) in [6, 6.07) is 15.1. The lowest BCUT2D eigenvalue weighted by molar-refractivity contribution is 0.594. The van der Waals surface area contributed by atoms with E-state index in [1.54, 1.807) is 12.1 Å². The molecule has 1 aliphatic heterocycles. The van der Waals surface area contributed by atoms with E-state index >= 15 is 0 Å². The van der Waals surface area contributed by atoms with Crippen molar-refractivity contribution in [1.82, 2.24) is 9.97 Å². The molecule has 5 rings (SSSR count). The van der Waals surface area contributed by atoms with Crippen LogP contribution in [0.3, 0.4) is 0 Å². The monoisotopic (exact) mass is 420 g/mol. The molecule has 0 radical (unpaired) electrons. The second-order valence-electron chi connectivity index (χ2n) is 7.51. The highest BCUT2D eigenvalue weighted by molar-refractivity contribution is 7.17. The number of hydrogen-bond acceptors (Lipinski definition) is 5. The Morgan fingerprint density at radius 2 is 1.70 bits per heavy atom. The molecule has 0 spiro atoms. The summed E-state index contributed by atoms with van der Waals surface area (Å²) in [5.74, 6) is 0.368. The number of thiophene rings is 1. The molecule has 152 valence electrons. The maximum absolute atomic E-state index is 14.1. The van der Waals surface area contributed by atoms with Gasteiger partial charge in [0.05, 0.1) is 11.2 Å². The molecule has 1 N–H and O–H groups in total. The van der Waals surface area contributed by atoms with Gasteiger partial charge in [0.1, 0.15) is 10.5 Å². The quantitative estimate of drug-likeness (QED) is 0.533. The third-order valence-corrected chi connectivity index (χ3v) is 6.52. The molecule has 2 aromatic heterocycles. The van der Waals surface area contributed by atoms with Gasteiger partial charge in [-0.2, -0.15) is 0 Å². The first-order valence-electron chi connectivity index (χ1n) is 9.93. The number of anilines is 2. The zero-order chi connectivity index (χ0) is 20.7. The molecule has 0 saturated carbocycles. The molecule has 0 bridgehead atoms. The van der Waals surface area contributed by atoms with Gasteiger partial charge in [0, 0.05) is 37.1 Å². The SMILES string of the molecule is Cc1ccc(-c2csc3c(=O)[nH]c(N4CCN(c5ccccc5F)CC4)nc23)cc1. The highest BCUT2D eigenvalue weighted by atomic mass is 32.1. The Balaban J connectivity index is 1.44. The molecule has 1 saturated heterocycles. The van der Waals surface area contributed by atoms with Gasteiger partial charge >= 0.3 is 0 Å². The van der Waals surface area contributed by atoms with E-state index in [2.05, 4.69) is 41.1 Å². The molecule has 3 heterocycles. The molecule has 0 atom stereocenters. The number of piperazine rings is 1. The molecule has 1 aliphatic rings. The number of rotatable bonds is 3. The maximum Gasteiger partial charge on any atom is 0.270 e. The smallest absolute Gasteiger partial charge is 0.270 e. The van der Waals surface area contributed by atoms with Gasteiger partial charge in [0.15, 0.2) is 0 Å². The summed E-state index contributed by atoms with van der Waals surface area (Å²) in [6.45, 7) is 4.70. The van der Waals surface area contributed by atoms with Gasteiger partial charge in [-0.1, -0.05) is 42.0 Å². The summed E-state index contributed by atoms with van der Waals surface area (Å²) >= 11 is 1.42. The van der Waals surface area contributed by atoms with E-state index in [9.17, 15) is 9.18 Å². The Labute approximate surface area is 177 Å². The minimum absolute atomic E-state index is 0.116. The van der Waals surface area contributed by atoms with Crippen molar-refractivity contribution in [3.63, 3.8) is 0 Å². The summed E-state index contributed by atoms with van der Waals surface area (Å²) in [5, 5.41) is 2.00. The van der Waals surface area contributed by atoms with Crippen LogP contribution in [0.5, 0.6) is 0 Å². The number of para-hydroxylation sites is 1. The first-order valence-corrected chi connectivity index (χ1v) is 10.8. The van der Waals surface area contributed by atoms with Gasteiger partial charge in [-0.3, -0.25) is 9.78 Å². The zero-order valence-corrected chi connectivity index (χ0v) is 17.4. The summed E-state index contributed by atoms with van der Waals surface area (Å²) < 4.78 is 14.7. The molecular weight excluding hydrogens is 399 g/mol. The van der Waals surface area contributed by atoms with E-state index in [-0.39, 0.29) is 11.4 Å². The molecule has 4 aromatic rings. The molecular formula is C23H21FN4OS. The van der Waals surface area contributed by atoms with Crippen LogP contribution in [0.15, 0.2) is 58.7 Å². The van der Waals surface area contributed by atoms with Gasteiger partial charge in [0.2, 0.25) is 5.95 Å². The number of halogens is 1. The van der Waals surface area contributed by atoms with Crippen LogP contribution in [0, 0.1) is 12.7 Å². The number of benzene rings is 2. The molecule has 1 fully saturated rings. The zero-order valence-electron chi connectivity index (χ0n) is 16.6. The van der Waals surface area contributed by atoms with E-state index in [4.69, 9.17) is 4.98 Å². The molecule has 7 heteroatoms. The van der Waals surface area contributed by atoms with Crippen LogP contribution in [-0.2, 0) is 0 Å². The highest BCUT2D eigenvalue weighted by Gasteiger charge is 2.22. The fourth-order valence-corrected chi connectivity index (χ4v) is 4.78. The second kappa shape index (κ2) is 7.57. The average molecular weight is 421 g/mol. The van der Waals surface area contributed by atoms with Crippen molar-refractivity contribution in [2.75, 3.05) is 36.0 Å². The molecule has 0 aliphatic carbocycles. The number of aromatic amines is 1. The first-order chi connectivity index (χ1) is 14.6. The van der Waals surface area contributed by atoms with Crippen molar-refractivity contribution in [3.05, 3.63) is 75.6 Å². The fourth-order valence-electron chi connectivity index (χ4n) is 3.87. The number of fused-ring (bicyclic) bond motifs is 1. The van der Waals surface area contributed by atoms with Crippen molar-refractivity contribution in [2.45, 2.75) is 6.92 Å². The van der Waals surface area contributed by atoms with Crippen LogP contribution in [0.25, 0.3) is 21.3 Å². The molecule has 30 heavy (non-hydrogen) atoms. The minimum atomic E-state index is -0.208. The second-order valence-corrected chi connectivity index (χ2v) is 8.39. The number of nitrogens with zero attached hydrogens (tertiary/aromatic N) is 3. The number of hydrogen-bond donors (Lipinski definition) is 1. The van der Waals surface area contributed by atoms with Crippen molar-refractivity contribution in [1.29, 1.82) is 0 Å². The van der Waals surface area contributed by atoms with Gasteiger partial charge in [-0.15, -0.1) is 11.3 Å². The van der Waals surface area contributed by atoms with Crippen LogP contribution in [0.2, 0.25) is 0 Å². The Morgan fingerprint density at radius 3 is 2.43 bits per heavy atom. The molecule has 2 aromatic carbocycles. The van der Waals surface area contributed by atoms with Crippen molar-refractivity contribution in [2.24, 2.45) is 0 Å². The van der Waals surface area contributed by atoms with Crippen LogP contribution < -0.4 is 15.4 Å². The van der Waals surface area contributed by atoms with Crippen molar-refractivity contribution >= 4 is 33.2 Å². The first kappa shape index (κ1) is 18.8. The van der Waals surface area contributed by atoms with Gasteiger partial charge < -0.3 is 9.80 Å². The van der Waals surface area contributed by atoms with E-state index in [0.717, 1.165) is 16.6 Å². The normalized spacial score (nSPS) is 14.5.